The Balaban J connectivity index is 1.83. The van der Waals surface area contributed by atoms with Gasteiger partial charge in [0.1, 0.15) is 11.6 Å². The summed E-state index contributed by atoms with van der Waals surface area (Å²) in [4.78, 5) is 0. The van der Waals surface area contributed by atoms with E-state index < -0.39 is 0 Å². The summed E-state index contributed by atoms with van der Waals surface area (Å²) in [5.74, 6) is -0.120. The van der Waals surface area contributed by atoms with Crippen LogP contribution in [0.4, 0.5) is 4.39 Å². The maximum atomic E-state index is 14.6. The first kappa shape index (κ1) is 17.2. The molecule has 1 N–H and O–H groups in total. The van der Waals surface area contributed by atoms with Crippen molar-refractivity contribution < 1.29 is 9.50 Å². The van der Waals surface area contributed by atoms with E-state index in [9.17, 15) is 9.50 Å². The highest BCUT2D eigenvalue weighted by Crippen LogP contribution is 2.32. The highest BCUT2D eigenvalue weighted by atomic mass is 19.1. The van der Waals surface area contributed by atoms with Crippen LogP contribution in [0.2, 0.25) is 0 Å². The van der Waals surface area contributed by atoms with Crippen LogP contribution in [0.5, 0.6) is 5.75 Å². The number of unbranched alkanes of at least 4 members (excludes halogenated alkanes) is 2. The normalized spacial score (nSPS) is 10.8. The quantitative estimate of drug-likeness (QED) is 0.504. The number of benzene rings is 3. The third kappa shape index (κ3) is 4.08. The molecule has 128 valence electrons. The van der Waals surface area contributed by atoms with E-state index in [0.29, 0.717) is 16.7 Å². The van der Waals surface area contributed by atoms with Crippen LogP contribution in [0, 0.1) is 5.82 Å². The molecule has 0 spiro atoms. The molecule has 2 heteroatoms. The zero-order chi connectivity index (χ0) is 17.6. The molecule has 0 saturated heterocycles. The summed E-state index contributed by atoms with van der Waals surface area (Å²) in [6.45, 7) is 2.20. The average molecular weight is 334 g/mol. The van der Waals surface area contributed by atoms with Crippen LogP contribution in [-0.2, 0) is 6.42 Å². The third-order valence-corrected chi connectivity index (χ3v) is 4.52. The van der Waals surface area contributed by atoms with Gasteiger partial charge in [0, 0.05) is 11.1 Å². The minimum Gasteiger partial charge on any atom is -0.507 e. The van der Waals surface area contributed by atoms with E-state index in [1.165, 1.54) is 30.9 Å². The second kappa shape index (κ2) is 7.98. The van der Waals surface area contributed by atoms with Gasteiger partial charge >= 0.3 is 0 Å². The van der Waals surface area contributed by atoms with Crippen molar-refractivity contribution in [2.24, 2.45) is 0 Å². The molecule has 0 aromatic heterocycles. The van der Waals surface area contributed by atoms with Crippen molar-refractivity contribution in [1.82, 2.24) is 0 Å². The Kier molecular flexibility index (Phi) is 5.49. The van der Waals surface area contributed by atoms with E-state index in [-0.39, 0.29) is 11.6 Å². The predicted octanol–water partition coefficient (Wildman–Crippen LogP) is 6.60. The second-order valence-corrected chi connectivity index (χ2v) is 6.37. The van der Waals surface area contributed by atoms with Crippen LogP contribution in [0.15, 0.2) is 66.7 Å². The number of hydrogen-bond donors (Lipinski definition) is 1. The first-order valence-electron chi connectivity index (χ1n) is 8.86. The lowest BCUT2D eigenvalue weighted by atomic mass is 9.97. The van der Waals surface area contributed by atoms with Gasteiger partial charge in [-0.2, -0.15) is 0 Å². The summed E-state index contributed by atoms with van der Waals surface area (Å²) in [7, 11) is 0. The number of rotatable bonds is 6. The largest absolute Gasteiger partial charge is 0.507 e. The molecule has 3 aromatic carbocycles. The lowest BCUT2D eigenvalue weighted by molar-refractivity contribution is 0.477. The monoisotopic (exact) mass is 334 g/mol. The van der Waals surface area contributed by atoms with Crippen molar-refractivity contribution in [3.05, 3.63) is 78.1 Å². The van der Waals surface area contributed by atoms with Gasteiger partial charge in [0.05, 0.1) is 0 Å². The first-order valence-corrected chi connectivity index (χ1v) is 8.86. The molecule has 0 saturated carbocycles. The number of halogens is 1. The molecular formula is C23H23FO. The average Bonchev–Trinajstić information content (AvgIpc) is 2.63. The molecule has 0 aliphatic carbocycles. The highest BCUT2D eigenvalue weighted by molar-refractivity contribution is 5.74. The molecule has 3 rings (SSSR count). The lowest BCUT2D eigenvalue weighted by Gasteiger charge is -2.09. The molecule has 0 aliphatic heterocycles. The zero-order valence-electron chi connectivity index (χ0n) is 14.5. The minimum atomic E-state index is -0.278. The van der Waals surface area contributed by atoms with Crippen LogP contribution in [-0.4, -0.2) is 5.11 Å². The van der Waals surface area contributed by atoms with Crippen molar-refractivity contribution >= 4 is 0 Å². The Morgan fingerprint density at radius 2 is 1.52 bits per heavy atom. The Morgan fingerprint density at radius 1 is 0.800 bits per heavy atom. The molecule has 1 nitrogen and oxygen atoms in total. The van der Waals surface area contributed by atoms with Crippen molar-refractivity contribution in [2.45, 2.75) is 32.6 Å². The highest BCUT2D eigenvalue weighted by Gasteiger charge is 2.09. The summed E-state index contributed by atoms with van der Waals surface area (Å²) in [5, 5.41) is 9.94. The maximum absolute atomic E-state index is 14.6. The predicted molar refractivity (Wildman–Crippen MR) is 102 cm³/mol. The molecule has 0 fully saturated rings. The number of para-hydroxylation sites is 1. The van der Waals surface area contributed by atoms with Gasteiger partial charge in [0.2, 0.25) is 0 Å². The standard InChI is InChI=1S/C23H23FO/c1-2-3-4-7-17-10-12-18(13-11-17)20-15-14-19(16-22(20)24)21-8-5-6-9-23(21)25/h5-6,8-16,25H,2-4,7H2,1H3. The Morgan fingerprint density at radius 3 is 2.20 bits per heavy atom. The Labute approximate surface area is 148 Å². The third-order valence-electron chi connectivity index (χ3n) is 4.52. The molecule has 3 aromatic rings. The van der Waals surface area contributed by atoms with Gasteiger partial charge in [-0.25, -0.2) is 4.39 Å². The van der Waals surface area contributed by atoms with E-state index in [1.807, 2.05) is 24.3 Å². The summed E-state index contributed by atoms with van der Waals surface area (Å²) < 4.78 is 14.6. The van der Waals surface area contributed by atoms with Gasteiger partial charge < -0.3 is 5.11 Å². The molecule has 0 radical (unpaired) electrons. The van der Waals surface area contributed by atoms with Crippen molar-refractivity contribution in [2.75, 3.05) is 0 Å². The van der Waals surface area contributed by atoms with E-state index in [1.54, 1.807) is 24.3 Å². The fraction of sp³-hybridized carbons (Fsp3) is 0.217. The van der Waals surface area contributed by atoms with Gasteiger partial charge in [-0.1, -0.05) is 74.4 Å². The van der Waals surface area contributed by atoms with E-state index >= 15 is 0 Å². The van der Waals surface area contributed by atoms with Gasteiger partial charge in [-0.3, -0.25) is 0 Å². The fourth-order valence-electron chi connectivity index (χ4n) is 3.06. The summed E-state index contributed by atoms with van der Waals surface area (Å²) in [5.41, 5.74) is 4.07. The SMILES string of the molecule is CCCCCc1ccc(-c2ccc(-c3ccccc3O)cc2F)cc1. The number of aryl methyl sites for hydroxylation is 1. The number of phenols is 1. The maximum Gasteiger partial charge on any atom is 0.131 e. The summed E-state index contributed by atoms with van der Waals surface area (Å²) >= 11 is 0. The van der Waals surface area contributed by atoms with Gasteiger partial charge in [-0.15, -0.1) is 0 Å². The van der Waals surface area contributed by atoms with Gasteiger partial charge in [0.25, 0.3) is 0 Å². The molecule has 0 heterocycles. The van der Waals surface area contributed by atoms with Crippen LogP contribution < -0.4 is 0 Å². The molecule has 0 amide bonds. The van der Waals surface area contributed by atoms with Crippen LogP contribution in [0.3, 0.4) is 0 Å². The van der Waals surface area contributed by atoms with Gasteiger partial charge in [-0.05, 0) is 41.7 Å². The minimum absolute atomic E-state index is 0.158. The topological polar surface area (TPSA) is 20.2 Å². The van der Waals surface area contributed by atoms with Gasteiger partial charge in [0.15, 0.2) is 0 Å². The molecule has 0 aliphatic rings. The molecule has 25 heavy (non-hydrogen) atoms. The summed E-state index contributed by atoms with van der Waals surface area (Å²) in [6.07, 6.45) is 4.72. The smallest absolute Gasteiger partial charge is 0.131 e. The number of hydrogen-bond acceptors (Lipinski definition) is 1. The fourth-order valence-corrected chi connectivity index (χ4v) is 3.06. The Bertz CT molecular complexity index is 837. The van der Waals surface area contributed by atoms with E-state index in [2.05, 4.69) is 19.1 Å². The van der Waals surface area contributed by atoms with Crippen LogP contribution in [0.25, 0.3) is 22.3 Å². The molecule has 0 unspecified atom stereocenters. The van der Waals surface area contributed by atoms with E-state index in [4.69, 9.17) is 0 Å². The second-order valence-electron chi connectivity index (χ2n) is 6.37. The Hall–Kier alpha value is -2.61. The van der Waals surface area contributed by atoms with Crippen molar-refractivity contribution in [3.63, 3.8) is 0 Å². The van der Waals surface area contributed by atoms with E-state index in [0.717, 1.165) is 12.0 Å². The summed E-state index contributed by atoms with van der Waals surface area (Å²) in [6, 6.07) is 20.2. The van der Waals surface area contributed by atoms with Crippen LogP contribution in [0.1, 0.15) is 31.7 Å². The first-order chi connectivity index (χ1) is 12.2. The lowest BCUT2D eigenvalue weighted by Crippen LogP contribution is -1.89. The molecule has 0 bridgehead atoms. The number of aromatic hydroxyl groups is 1. The van der Waals surface area contributed by atoms with Crippen LogP contribution >= 0.6 is 0 Å². The molecular weight excluding hydrogens is 311 g/mol. The molecule has 0 atom stereocenters. The zero-order valence-corrected chi connectivity index (χ0v) is 14.5. The van der Waals surface area contributed by atoms with Crippen molar-refractivity contribution in [3.8, 4) is 28.0 Å². The number of phenolic OH excluding ortho intramolecular Hbond substituents is 1. The van der Waals surface area contributed by atoms with Crippen molar-refractivity contribution in [1.29, 1.82) is 0 Å².